The van der Waals surface area contributed by atoms with Crippen molar-refractivity contribution in [2.24, 2.45) is 0 Å². The van der Waals surface area contributed by atoms with Crippen LogP contribution >= 0.6 is 23.2 Å². The molecule has 0 bridgehead atoms. The van der Waals surface area contributed by atoms with Crippen LogP contribution in [0.15, 0.2) is 42.7 Å². The van der Waals surface area contributed by atoms with Crippen molar-refractivity contribution in [3.8, 4) is 0 Å². The van der Waals surface area contributed by atoms with Gasteiger partial charge in [0.25, 0.3) is 0 Å². The van der Waals surface area contributed by atoms with Gasteiger partial charge in [-0.15, -0.1) is 0 Å². The Kier molecular flexibility index (Phi) is 8.37. The minimum absolute atomic E-state index is 0.128. The lowest BCUT2D eigenvalue weighted by Crippen LogP contribution is -2.50. The fourth-order valence-electron chi connectivity index (χ4n) is 4.06. The number of urea groups is 1. The first-order valence-corrected chi connectivity index (χ1v) is 11.4. The molecule has 2 amide bonds. The minimum atomic E-state index is -0.128. The van der Waals surface area contributed by atoms with Crippen LogP contribution in [0.1, 0.15) is 45.1 Å². The summed E-state index contributed by atoms with van der Waals surface area (Å²) in [7, 11) is 0. The Labute approximate surface area is 189 Å². The van der Waals surface area contributed by atoms with Crippen molar-refractivity contribution in [3.63, 3.8) is 0 Å². The van der Waals surface area contributed by atoms with Crippen molar-refractivity contribution >= 4 is 34.9 Å². The van der Waals surface area contributed by atoms with E-state index in [4.69, 9.17) is 23.2 Å². The Balaban J connectivity index is 1.72. The van der Waals surface area contributed by atoms with Crippen LogP contribution in [0.3, 0.4) is 0 Å². The first-order chi connectivity index (χ1) is 14.5. The van der Waals surface area contributed by atoms with Gasteiger partial charge in [0.1, 0.15) is 0 Å². The second-order valence-corrected chi connectivity index (χ2v) is 8.77. The smallest absolute Gasteiger partial charge is 0.317 e. The number of carbonyl (C=O) groups excluding carboxylic acids is 1. The molecule has 5 nitrogen and oxygen atoms in total. The zero-order chi connectivity index (χ0) is 21.5. The molecule has 1 saturated heterocycles. The van der Waals surface area contributed by atoms with E-state index in [0.29, 0.717) is 28.3 Å². The number of halogens is 2. The van der Waals surface area contributed by atoms with E-state index in [-0.39, 0.29) is 12.1 Å². The Morgan fingerprint density at radius 1 is 1.27 bits per heavy atom. The molecule has 1 unspecified atom stereocenters. The maximum absolute atomic E-state index is 13.2. The van der Waals surface area contributed by atoms with Crippen LogP contribution in [0.5, 0.6) is 0 Å². The van der Waals surface area contributed by atoms with Crippen LogP contribution in [0.25, 0.3) is 0 Å². The van der Waals surface area contributed by atoms with Gasteiger partial charge in [-0.3, -0.25) is 4.98 Å². The van der Waals surface area contributed by atoms with Crippen molar-refractivity contribution in [3.05, 3.63) is 58.3 Å². The summed E-state index contributed by atoms with van der Waals surface area (Å²) in [5, 5.41) is 3.88. The number of nitrogens with zero attached hydrogens (tertiary/aromatic N) is 3. The lowest BCUT2D eigenvalue weighted by atomic mass is 10.00. The van der Waals surface area contributed by atoms with Crippen LogP contribution in [-0.4, -0.2) is 46.0 Å². The summed E-state index contributed by atoms with van der Waals surface area (Å²) in [6.07, 6.45) is 7.89. The van der Waals surface area contributed by atoms with Crippen LogP contribution in [0.2, 0.25) is 10.0 Å². The lowest BCUT2D eigenvalue weighted by Gasteiger charge is -2.40. The molecule has 0 aliphatic carbocycles. The van der Waals surface area contributed by atoms with Crippen LogP contribution < -0.4 is 5.32 Å². The fourth-order valence-corrected chi connectivity index (χ4v) is 4.36. The van der Waals surface area contributed by atoms with Gasteiger partial charge in [0, 0.05) is 49.8 Å². The molecule has 0 spiro atoms. The molecule has 0 saturated carbocycles. The first-order valence-electron chi connectivity index (χ1n) is 10.6. The Hall–Kier alpha value is -1.82. The number of carbonyl (C=O) groups is 1. The number of nitrogens with one attached hydrogen (secondary N) is 1. The molecular weight excluding hydrogens is 419 g/mol. The maximum atomic E-state index is 13.2. The molecule has 1 aromatic heterocycles. The van der Waals surface area contributed by atoms with Crippen LogP contribution in [-0.2, 0) is 6.54 Å². The highest BCUT2D eigenvalue weighted by atomic mass is 35.5. The summed E-state index contributed by atoms with van der Waals surface area (Å²) in [6, 6.07) is 9.69. The molecule has 7 heteroatoms. The number of piperidine rings is 1. The standard InChI is InChI=1S/C23H30Cl2N4O/c1-3-5-17(2)28-12-9-20(10-13-28)29(16-18-6-4-11-26-15-18)23(30)27-19-7-8-21(24)22(25)14-19/h4,6-8,11,14-15,17,20H,3,5,9-10,12-13,16H2,1-2H3,(H,27,30). The van der Waals surface area contributed by atoms with E-state index in [1.54, 1.807) is 24.4 Å². The number of anilines is 1. The highest BCUT2D eigenvalue weighted by Crippen LogP contribution is 2.26. The molecule has 1 aliphatic rings. The van der Waals surface area contributed by atoms with E-state index in [0.717, 1.165) is 31.5 Å². The molecule has 30 heavy (non-hydrogen) atoms. The normalized spacial score (nSPS) is 16.3. The van der Waals surface area contributed by atoms with E-state index in [9.17, 15) is 4.79 Å². The quantitative estimate of drug-likeness (QED) is 0.558. The molecule has 1 aromatic carbocycles. The number of hydrogen-bond donors (Lipinski definition) is 1. The van der Waals surface area contributed by atoms with E-state index < -0.39 is 0 Å². The molecule has 1 fully saturated rings. The van der Waals surface area contributed by atoms with E-state index >= 15 is 0 Å². The van der Waals surface area contributed by atoms with Gasteiger partial charge in [0.2, 0.25) is 0 Å². The summed E-state index contributed by atoms with van der Waals surface area (Å²) in [4.78, 5) is 21.9. The zero-order valence-corrected chi connectivity index (χ0v) is 19.2. The molecule has 1 aliphatic heterocycles. The Morgan fingerprint density at radius 2 is 2.03 bits per heavy atom. The third-order valence-corrected chi connectivity index (χ3v) is 6.52. The fraction of sp³-hybridized carbons (Fsp3) is 0.478. The highest BCUT2D eigenvalue weighted by molar-refractivity contribution is 6.42. The van der Waals surface area contributed by atoms with E-state index in [1.165, 1.54) is 12.8 Å². The number of benzene rings is 1. The number of hydrogen-bond acceptors (Lipinski definition) is 3. The van der Waals surface area contributed by atoms with Crippen LogP contribution in [0, 0.1) is 0 Å². The summed E-state index contributed by atoms with van der Waals surface area (Å²) in [6.45, 7) is 7.07. The van der Waals surface area contributed by atoms with Gasteiger partial charge in [-0.25, -0.2) is 4.79 Å². The summed E-state index contributed by atoms with van der Waals surface area (Å²) < 4.78 is 0. The second-order valence-electron chi connectivity index (χ2n) is 7.95. The molecule has 1 N–H and O–H groups in total. The van der Waals surface area contributed by atoms with Crippen molar-refractivity contribution in [2.75, 3.05) is 18.4 Å². The van der Waals surface area contributed by atoms with Gasteiger partial charge < -0.3 is 15.1 Å². The number of aromatic nitrogens is 1. The van der Waals surface area contributed by atoms with Crippen molar-refractivity contribution in [1.29, 1.82) is 0 Å². The zero-order valence-electron chi connectivity index (χ0n) is 17.7. The molecule has 162 valence electrons. The summed E-state index contributed by atoms with van der Waals surface area (Å²) in [5.74, 6) is 0. The van der Waals surface area contributed by atoms with Gasteiger partial charge in [0.05, 0.1) is 10.0 Å². The van der Waals surface area contributed by atoms with Gasteiger partial charge in [0.15, 0.2) is 0 Å². The molecular formula is C23H30Cl2N4O. The Bertz CT molecular complexity index is 825. The topological polar surface area (TPSA) is 48.5 Å². The maximum Gasteiger partial charge on any atom is 0.322 e. The van der Waals surface area contributed by atoms with Gasteiger partial charge in [-0.05, 0) is 56.0 Å². The summed E-state index contributed by atoms with van der Waals surface area (Å²) >= 11 is 12.1. The molecule has 0 radical (unpaired) electrons. The molecule has 3 rings (SSSR count). The molecule has 1 atom stereocenters. The first kappa shape index (κ1) is 22.9. The lowest BCUT2D eigenvalue weighted by molar-refractivity contribution is 0.0989. The average Bonchev–Trinajstić information content (AvgIpc) is 2.75. The Morgan fingerprint density at radius 3 is 2.67 bits per heavy atom. The third-order valence-electron chi connectivity index (χ3n) is 5.78. The number of amides is 2. The predicted molar refractivity (Wildman–Crippen MR) is 124 cm³/mol. The van der Waals surface area contributed by atoms with Crippen molar-refractivity contribution in [1.82, 2.24) is 14.8 Å². The third kappa shape index (κ3) is 6.10. The van der Waals surface area contributed by atoms with Gasteiger partial charge in [-0.1, -0.05) is 42.6 Å². The molecule has 2 aromatic rings. The number of likely N-dealkylation sites (tertiary alicyclic amines) is 1. The van der Waals surface area contributed by atoms with Gasteiger partial charge in [-0.2, -0.15) is 0 Å². The van der Waals surface area contributed by atoms with Crippen LogP contribution in [0.4, 0.5) is 10.5 Å². The second kappa shape index (κ2) is 11.0. The molecule has 2 heterocycles. The predicted octanol–water partition coefficient (Wildman–Crippen LogP) is 6.08. The summed E-state index contributed by atoms with van der Waals surface area (Å²) in [5.41, 5.74) is 1.66. The SMILES string of the molecule is CCCC(C)N1CCC(N(Cc2cccnc2)C(=O)Nc2ccc(Cl)c(Cl)c2)CC1. The minimum Gasteiger partial charge on any atom is -0.317 e. The number of rotatable bonds is 7. The average molecular weight is 449 g/mol. The van der Waals surface area contributed by atoms with Gasteiger partial charge >= 0.3 is 6.03 Å². The highest BCUT2D eigenvalue weighted by Gasteiger charge is 2.29. The van der Waals surface area contributed by atoms with Crippen molar-refractivity contribution < 1.29 is 4.79 Å². The van der Waals surface area contributed by atoms with E-state index in [1.807, 2.05) is 23.2 Å². The largest absolute Gasteiger partial charge is 0.322 e. The van der Waals surface area contributed by atoms with Crippen molar-refractivity contribution in [2.45, 2.75) is 58.2 Å². The monoisotopic (exact) mass is 448 g/mol. The number of pyridine rings is 1. The van der Waals surface area contributed by atoms with E-state index in [2.05, 4.69) is 29.0 Å².